The lowest BCUT2D eigenvalue weighted by Gasteiger charge is -2.48. The molecule has 0 aliphatic carbocycles. The monoisotopic (exact) mass is 1590 g/mol. The van der Waals surface area contributed by atoms with Gasteiger partial charge in [0.15, 0.2) is 18.9 Å². The van der Waals surface area contributed by atoms with Gasteiger partial charge < -0.3 is 89.9 Å². The molecule has 3 saturated heterocycles. The first-order chi connectivity index (χ1) is 54.8. The Labute approximate surface area is 681 Å². The second kappa shape index (κ2) is 72.5. The fourth-order valence-corrected chi connectivity index (χ4v) is 15.8. The molecule has 0 spiro atoms. The van der Waals surface area contributed by atoms with Crippen molar-refractivity contribution in [1.29, 1.82) is 0 Å². The van der Waals surface area contributed by atoms with Gasteiger partial charge in [-0.05, 0) is 57.8 Å². The number of hydrogen-bond acceptors (Lipinski definition) is 18. The van der Waals surface area contributed by atoms with Gasteiger partial charge in [0.1, 0.15) is 73.2 Å². The first kappa shape index (κ1) is 104. The van der Waals surface area contributed by atoms with E-state index in [1.54, 1.807) is 0 Å². The highest BCUT2D eigenvalue weighted by atomic mass is 16.8. The summed E-state index contributed by atoms with van der Waals surface area (Å²) in [5.74, 6) is -0.235. The number of carbonyl (C=O) groups excluding carboxylic acids is 1. The van der Waals surface area contributed by atoms with Gasteiger partial charge in [0, 0.05) is 6.42 Å². The number of hydrogen-bond donors (Lipinski definition) is 12. The molecule has 112 heavy (non-hydrogen) atoms. The third-order valence-corrected chi connectivity index (χ3v) is 23.1. The zero-order valence-corrected chi connectivity index (χ0v) is 70.9. The molecule has 3 heterocycles. The maximum atomic E-state index is 13.6. The Morgan fingerprint density at radius 1 is 0.330 bits per heavy atom. The second-order valence-electron chi connectivity index (χ2n) is 33.1. The minimum atomic E-state index is -1.97. The van der Waals surface area contributed by atoms with Crippen molar-refractivity contribution in [3.8, 4) is 0 Å². The number of carbonyl (C=O) groups is 1. The molecule has 0 aromatic heterocycles. The van der Waals surface area contributed by atoms with Gasteiger partial charge in [-0.3, -0.25) is 4.79 Å². The van der Waals surface area contributed by atoms with E-state index in [1.165, 1.54) is 283 Å². The molecule has 17 unspecified atom stereocenters. The van der Waals surface area contributed by atoms with Crippen molar-refractivity contribution >= 4 is 5.91 Å². The zero-order valence-electron chi connectivity index (χ0n) is 70.9. The van der Waals surface area contributed by atoms with Crippen molar-refractivity contribution in [2.75, 3.05) is 26.4 Å². The van der Waals surface area contributed by atoms with Crippen molar-refractivity contribution in [2.24, 2.45) is 0 Å². The van der Waals surface area contributed by atoms with Crippen molar-refractivity contribution in [1.82, 2.24) is 5.32 Å². The lowest BCUT2D eigenvalue weighted by molar-refractivity contribution is -0.379. The van der Waals surface area contributed by atoms with Crippen LogP contribution < -0.4 is 5.32 Å². The Bertz CT molecular complexity index is 2250. The molecule has 3 fully saturated rings. The molecule has 19 nitrogen and oxygen atoms in total. The van der Waals surface area contributed by atoms with Gasteiger partial charge in [0.2, 0.25) is 5.91 Å². The number of rotatable bonds is 76. The minimum absolute atomic E-state index is 0.235. The first-order valence-corrected chi connectivity index (χ1v) is 46.5. The van der Waals surface area contributed by atoms with Gasteiger partial charge in [0.05, 0.1) is 38.6 Å². The molecular formula is C93H171NO18. The van der Waals surface area contributed by atoms with Crippen LogP contribution in [0.2, 0.25) is 0 Å². The number of ether oxygens (including phenoxy) is 6. The van der Waals surface area contributed by atoms with E-state index in [1.807, 2.05) is 0 Å². The summed E-state index contributed by atoms with van der Waals surface area (Å²) in [6, 6.07) is -0.889. The van der Waals surface area contributed by atoms with Gasteiger partial charge in [-0.25, -0.2) is 0 Å². The van der Waals surface area contributed by atoms with E-state index in [0.29, 0.717) is 12.8 Å². The number of unbranched alkanes of at least 4 members (excludes halogenated alkanes) is 50. The van der Waals surface area contributed by atoms with Crippen molar-refractivity contribution in [2.45, 2.75) is 497 Å². The molecule has 0 aromatic carbocycles. The topological polar surface area (TPSA) is 307 Å². The number of aliphatic hydroxyl groups is 11. The molecule has 3 rings (SSSR count). The Morgan fingerprint density at radius 2 is 0.616 bits per heavy atom. The summed E-state index contributed by atoms with van der Waals surface area (Å²) in [6.07, 6.45) is 69.1. The Kier molecular flexibility index (Phi) is 67.1. The summed E-state index contributed by atoms with van der Waals surface area (Å²) in [5, 5.41) is 121. The quantitative estimate of drug-likeness (QED) is 0.0199. The van der Waals surface area contributed by atoms with Crippen LogP contribution in [-0.4, -0.2) is 193 Å². The van der Waals surface area contributed by atoms with E-state index >= 15 is 0 Å². The van der Waals surface area contributed by atoms with E-state index < -0.39 is 124 Å². The fraction of sp³-hybridized carbons (Fsp3) is 0.882. The lowest BCUT2D eigenvalue weighted by atomic mass is 9.96. The van der Waals surface area contributed by atoms with Gasteiger partial charge >= 0.3 is 0 Å². The summed E-state index contributed by atoms with van der Waals surface area (Å²) >= 11 is 0. The Morgan fingerprint density at radius 3 is 0.964 bits per heavy atom. The van der Waals surface area contributed by atoms with Crippen molar-refractivity contribution in [3.63, 3.8) is 0 Å². The fourth-order valence-electron chi connectivity index (χ4n) is 15.8. The normalized spacial score (nSPS) is 25.2. The van der Waals surface area contributed by atoms with Crippen LogP contribution in [0.3, 0.4) is 0 Å². The Balaban J connectivity index is 1.29. The average molecular weight is 1590 g/mol. The highest BCUT2D eigenvalue weighted by Gasteiger charge is 2.54. The number of allylic oxidation sites excluding steroid dienone is 10. The molecule has 0 radical (unpaired) electrons. The van der Waals surface area contributed by atoms with Crippen LogP contribution in [0.4, 0.5) is 0 Å². The van der Waals surface area contributed by atoms with Crippen LogP contribution >= 0.6 is 0 Å². The number of nitrogens with one attached hydrogen (secondary N) is 1. The third-order valence-electron chi connectivity index (χ3n) is 23.1. The zero-order chi connectivity index (χ0) is 81.0. The van der Waals surface area contributed by atoms with Crippen LogP contribution in [0.1, 0.15) is 393 Å². The summed E-state index contributed by atoms with van der Waals surface area (Å²) in [7, 11) is 0. The van der Waals surface area contributed by atoms with Crippen LogP contribution in [0.5, 0.6) is 0 Å². The maximum Gasteiger partial charge on any atom is 0.220 e. The Hall–Kier alpha value is -2.51. The van der Waals surface area contributed by atoms with Crippen molar-refractivity contribution in [3.05, 3.63) is 60.8 Å². The summed E-state index contributed by atoms with van der Waals surface area (Å²) in [5.41, 5.74) is 0. The highest BCUT2D eigenvalue weighted by Crippen LogP contribution is 2.34. The molecule has 3 aliphatic heterocycles. The molecular weight excluding hydrogens is 1420 g/mol. The predicted octanol–water partition coefficient (Wildman–Crippen LogP) is 18.1. The standard InChI is InChI=1S/C93H171NO18/c1-3-5-7-9-11-13-15-17-19-21-23-25-27-29-31-33-34-35-36-37-38-39-40-41-42-43-45-47-49-51-53-55-57-59-61-63-65-67-69-71-81(99)94-76(77(98)70-68-66-64-62-60-58-56-54-52-50-48-46-44-32-30-28-26-24-22-20-18-16-14-12-10-8-6-4-2)75-107-91-87(105)84(102)89(79(73-96)109-91)112-93-88(106)85(103)90(80(74-97)110-93)111-92-86(104)83(101)82(100)78(72-95)108-92/h5,7,11,13,17,19,23,25,29,31,76-80,82-93,95-98,100-106H,3-4,6,8-10,12,14-16,18,20-22,24,26-28,30,32-75H2,1-2H3,(H,94,99)/b7-5-,13-11-,19-17-,25-23-,31-29-. The largest absolute Gasteiger partial charge is 0.394 e. The van der Waals surface area contributed by atoms with E-state index in [9.17, 15) is 61.0 Å². The minimum Gasteiger partial charge on any atom is -0.394 e. The van der Waals surface area contributed by atoms with Gasteiger partial charge in [-0.15, -0.1) is 0 Å². The smallest absolute Gasteiger partial charge is 0.220 e. The van der Waals surface area contributed by atoms with Gasteiger partial charge in [-0.1, -0.05) is 389 Å². The SMILES string of the molecule is CC/C=C\C/C=C\C/C=C\C/C=C\C/C=C\CCCCCCCCCCCCCCCCCCCCCCCCCC(=O)NC(COC1OC(CO)C(OC2OC(CO)C(OC3OC(CO)C(O)C(O)C3O)C(O)C2O)C(O)C1O)C(O)CCCCCCCCCCCCCCCCCCCCCCCCCCCCCC. The van der Waals surface area contributed by atoms with Crippen LogP contribution in [0.15, 0.2) is 60.8 Å². The van der Waals surface area contributed by atoms with Gasteiger partial charge in [0.25, 0.3) is 0 Å². The number of aliphatic hydroxyl groups excluding tert-OH is 11. The summed E-state index contributed by atoms with van der Waals surface area (Å²) < 4.78 is 34.6. The third kappa shape index (κ3) is 50.4. The average Bonchev–Trinajstić information content (AvgIpc) is 0.780. The molecule has 0 bridgehead atoms. The van der Waals surface area contributed by atoms with E-state index in [0.717, 1.165) is 77.0 Å². The second-order valence-corrected chi connectivity index (χ2v) is 33.1. The van der Waals surface area contributed by atoms with E-state index in [-0.39, 0.29) is 18.9 Å². The molecule has 1 amide bonds. The number of amides is 1. The molecule has 19 heteroatoms. The van der Waals surface area contributed by atoms with Crippen molar-refractivity contribution < 1.29 is 89.4 Å². The maximum absolute atomic E-state index is 13.6. The lowest BCUT2D eigenvalue weighted by Crippen LogP contribution is -2.66. The van der Waals surface area contributed by atoms with E-state index in [4.69, 9.17) is 28.4 Å². The molecule has 3 aliphatic rings. The van der Waals surface area contributed by atoms with Crippen LogP contribution in [-0.2, 0) is 33.2 Å². The molecule has 0 saturated carbocycles. The van der Waals surface area contributed by atoms with Crippen LogP contribution in [0.25, 0.3) is 0 Å². The van der Waals surface area contributed by atoms with E-state index in [2.05, 4.69) is 79.9 Å². The molecule has 12 N–H and O–H groups in total. The molecule has 0 aromatic rings. The predicted molar refractivity (Wildman–Crippen MR) is 452 cm³/mol. The molecule has 17 atom stereocenters. The first-order valence-electron chi connectivity index (χ1n) is 46.5. The summed E-state index contributed by atoms with van der Waals surface area (Å²) in [6.45, 7) is 1.75. The molecule has 656 valence electrons. The highest BCUT2D eigenvalue weighted by molar-refractivity contribution is 5.76. The van der Waals surface area contributed by atoms with Crippen LogP contribution in [0, 0.1) is 0 Å². The summed E-state index contributed by atoms with van der Waals surface area (Å²) in [4.78, 5) is 13.6. The van der Waals surface area contributed by atoms with Gasteiger partial charge in [-0.2, -0.15) is 0 Å².